The first-order valence-electron chi connectivity index (χ1n) is 14.6. The van der Waals surface area contributed by atoms with Crippen molar-refractivity contribution in [3.63, 3.8) is 0 Å². The van der Waals surface area contributed by atoms with Crippen LogP contribution in [0.3, 0.4) is 0 Å². The zero-order valence-electron chi connectivity index (χ0n) is 24.2. The van der Waals surface area contributed by atoms with Crippen LogP contribution >= 0.6 is 0 Å². The van der Waals surface area contributed by atoms with Gasteiger partial charge in [0.15, 0.2) is 0 Å². The molecule has 0 N–H and O–H groups in total. The van der Waals surface area contributed by atoms with Crippen LogP contribution in [0.15, 0.2) is 12.1 Å². The van der Waals surface area contributed by atoms with E-state index < -0.39 is 28.8 Å². The molecule has 1 saturated carbocycles. The fourth-order valence-corrected chi connectivity index (χ4v) is 5.62. The first-order valence-corrected chi connectivity index (χ1v) is 14.6. The molecule has 0 saturated heterocycles. The third kappa shape index (κ3) is 7.27. The minimum atomic E-state index is -4.78. The van der Waals surface area contributed by atoms with Gasteiger partial charge in [0.1, 0.15) is 5.75 Å². The number of halogens is 3. The van der Waals surface area contributed by atoms with E-state index in [4.69, 9.17) is 9.47 Å². The number of carbonyl (C=O) groups is 2. The summed E-state index contributed by atoms with van der Waals surface area (Å²) in [5.74, 6) is -1.07. The van der Waals surface area contributed by atoms with E-state index in [0.717, 1.165) is 63.9 Å². The number of alkyl halides is 3. The summed E-state index contributed by atoms with van der Waals surface area (Å²) in [6.45, 7) is 9.98. The molecule has 1 atom stereocenters. The van der Waals surface area contributed by atoms with Crippen LogP contribution in [0.4, 0.5) is 18.9 Å². The summed E-state index contributed by atoms with van der Waals surface area (Å²) in [6, 6.07) is 1.77. The second-order valence-corrected chi connectivity index (χ2v) is 11.4. The summed E-state index contributed by atoms with van der Waals surface area (Å²) >= 11 is 0. The molecule has 9 heteroatoms. The van der Waals surface area contributed by atoms with Gasteiger partial charge in [-0.1, -0.05) is 52.4 Å². The van der Waals surface area contributed by atoms with Crippen molar-refractivity contribution in [2.24, 2.45) is 0 Å². The van der Waals surface area contributed by atoms with Crippen molar-refractivity contribution in [3.05, 3.63) is 23.3 Å². The number of carbonyl (C=O) groups excluding carboxylic acids is 2. The molecule has 1 unspecified atom stereocenters. The number of hydrogen-bond acceptors (Lipinski definition) is 4. The van der Waals surface area contributed by atoms with Gasteiger partial charge in [0.05, 0.1) is 23.4 Å². The molecule has 1 fully saturated rings. The van der Waals surface area contributed by atoms with Gasteiger partial charge in [0.2, 0.25) is 5.60 Å². The fourth-order valence-electron chi connectivity index (χ4n) is 5.62. The maximum Gasteiger partial charge on any atom is 0.417 e. The summed E-state index contributed by atoms with van der Waals surface area (Å²) in [7, 11) is 0. The Morgan fingerprint density at radius 1 is 1.13 bits per heavy atom. The number of unbranched alkanes of at least 4 members (excludes halogenated alkanes) is 3. The van der Waals surface area contributed by atoms with Crippen molar-refractivity contribution < 1.29 is 32.2 Å². The Hall–Kier alpha value is -2.29. The summed E-state index contributed by atoms with van der Waals surface area (Å²) in [5.41, 5.74) is -2.72. The smallest absolute Gasteiger partial charge is 0.417 e. The largest absolute Gasteiger partial charge is 0.473 e. The summed E-state index contributed by atoms with van der Waals surface area (Å²) in [5, 5.41) is 0. The topological polar surface area (TPSA) is 59.1 Å². The van der Waals surface area contributed by atoms with E-state index in [2.05, 4.69) is 0 Å². The monoisotopic (exact) mass is 554 g/mol. The third-order valence-electron chi connectivity index (χ3n) is 7.72. The molecule has 6 nitrogen and oxygen atoms in total. The van der Waals surface area contributed by atoms with Gasteiger partial charge in [-0.25, -0.2) is 0 Å². The second-order valence-electron chi connectivity index (χ2n) is 11.4. The summed E-state index contributed by atoms with van der Waals surface area (Å²) in [6.07, 6.45) is 3.91. The van der Waals surface area contributed by atoms with Crippen molar-refractivity contribution in [1.82, 2.24) is 4.90 Å². The van der Waals surface area contributed by atoms with Gasteiger partial charge in [-0.05, 0) is 58.6 Å². The molecular formula is C30H45F3N2O4. The number of fused-ring (bicyclic) bond motifs is 1. The van der Waals surface area contributed by atoms with Crippen LogP contribution in [0, 0.1) is 0 Å². The van der Waals surface area contributed by atoms with Crippen LogP contribution in [0.2, 0.25) is 0 Å². The Kier molecular flexibility index (Phi) is 10.7. The Labute approximate surface area is 231 Å². The van der Waals surface area contributed by atoms with Gasteiger partial charge in [0, 0.05) is 25.2 Å². The molecule has 0 bridgehead atoms. The molecule has 0 aromatic heterocycles. The van der Waals surface area contributed by atoms with Crippen LogP contribution in [-0.2, 0) is 15.7 Å². The number of nitrogens with zero attached hydrogens (tertiary/aromatic N) is 2. The zero-order chi connectivity index (χ0) is 28.8. The molecule has 1 aliphatic heterocycles. The number of ether oxygens (including phenoxy) is 2. The highest BCUT2D eigenvalue weighted by Gasteiger charge is 2.47. The molecular weight excluding hydrogens is 509 g/mol. The van der Waals surface area contributed by atoms with E-state index in [0.29, 0.717) is 19.6 Å². The lowest BCUT2D eigenvalue weighted by Crippen LogP contribution is -2.57. The van der Waals surface area contributed by atoms with E-state index >= 15 is 0 Å². The third-order valence-corrected chi connectivity index (χ3v) is 7.72. The standard InChI is InChI=1S/C30H45F3N2O4/c1-6-8-13-16-34-25-18-23(27(36)35(21(3)4)22-14-11-10-12-15-22)24(30(31,32)33)19-26(25)39-29(5,28(34)37)20-38-17-9-7-2/h18-19,21-22H,6-17,20H2,1-5H3. The maximum absolute atomic E-state index is 14.5. The molecule has 1 heterocycles. The van der Waals surface area contributed by atoms with E-state index in [1.807, 2.05) is 27.7 Å². The number of amides is 2. The molecule has 0 radical (unpaired) electrons. The molecule has 2 amide bonds. The Balaban J connectivity index is 2.09. The second kappa shape index (κ2) is 13.4. The Morgan fingerprint density at radius 3 is 2.38 bits per heavy atom. The van der Waals surface area contributed by atoms with E-state index in [1.54, 1.807) is 11.8 Å². The molecule has 3 rings (SSSR count). The minimum absolute atomic E-state index is 0.0506. The van der Waals surface area contributed by atoms with Gasteiger partial charge in [-0.15, -0.1) is 0 Å². The van der Waals surface area contributed by atoms with Crippen LogP contribution in [0.25, 0.3) is 0 Å². The van der Waals surface area contributed by atoms with Crippen molar-refractivity contribution in [3.8, 4) is 5.75 Å². The predicted octanol–water partition coefficient (Wildman–Crippen LogP) is 7.38. The summed E-state index contributed by atoms with van der Waals surface area (Å²) < 4.78 is 55.1. The van der Waals surface area contributed by atoms with E-state index in [9.17, 15) is 22.8 Å². The first kappa shape index (κ1) is 31.2. The van der Waals surface area contributed by atoms with Crippen molar-refractivity contribution in [2.75, 3.05) is 24.7 Å². The lowest BCUT2D eigenvalue weighted by Gasteiger charge is -2.42. The van der Waals surface area contributed by atoms with Crippen molar-refractivity contribution >= 4 is 17.5 Å². The number of rotatable bonds is 12. The van der Waals surface area contributed by atoms with Gasteiger partial charge < -0.3 is 19.3 Å². The highest BCUT2D eigenvalue weighted by Crippen LogP contribution is 2.45. The quantitative estimate of drug-likeness (QED) is 0.253. The zero-order valence-corrected chi connectivity index (χ0v) is 24.2. The average Bonchev–Trinajstić information content (AvgIpc) is 2.88. The highest BCUT2D eigenvalue weighted by atomic mass is 19.4. The molecule has 1 aliphatic carbocycles. The Morgan fingerprint density at radius 2 is 1.79 bits per heavy atom. The van der Waals surface area contributed by atoms with Gasteiger partial charge in [0.25, 0.3) is 11.8 Å². The van der Waals surface area contributed by atoms with E-state index in [-0.39, 0.29) is 36.0 Å². The molecule has 39 heavy (non-hydrogen) atoms. The molecule has 220 valence electrons. The van der Waals surface area contributed by atoms with Crippen LogP contribution in [0.5, 0.6) is 5.75 Å². The molecule has 1 aromatic carbocycles. The van der Waals surface area contributed by atoms with Gasteiger partial charge in [-0.2, -0.15) is 13.2 Å². The normalized spacial score (nSPS) is 20.2. The maximum atomic E-state index is 14.5. The average molecular weight is 555 g/mol. The van der Waals surface area contributed by atoms with Crippen molar-refractivity contribution in [2.45, 2.75) is 123 Å². The number of anilines is 1. The minimum Gasteiger partial charge on any atom is -0.473 e. The van der Waals surface area contributed by atoms with Crippen LogP contribution in [-0.4, -0.2) is 54.2 Å². The van der Waals surface area contributed by atoms with Crippen LogP contribution < -0.4 is 9.64 Å². The summed E-state index contributed by atoms with van der Waals surface area (Å²) in [4.78, 5) is 30.7. The van der Waals surface area contributed by atoms with Crippen molar-refractivity contribution in [1.29, 1.82) is 0 Å². The molecule has 0 spiro atoms. The fraction of sp³-hybridized carbons (Fsp3) is 0.733. The lowest BCUT2D eigenvalue weighted by atomic mass is 9.92. The SMILES string of the molecule is CCCCCN1C(=O)C(C)(COCCCC)Oc2cc(C(F)(F)F)c(C(=O)N(C(C)C)C3CCCCC3)cc21. The lowest BCUT2D eigenvalue weighted by molar-refractivity contribution is -0.140. The number of benzene rings is 1. The highest BCUT2D eigenvalue weighted by molar-refractivity contribution is 6.05. The number of hydrogen-bond donors (Lipinski definition) is 0. The van der Waals surface area contributed by atoms with E-state index in [1.165, 1.54) is 11.0 Å². The van der Waals surface area contributed by atoms with Gasteiger partial charge >= 0.3 is 6.18 Å². The van der Waals surface area contributed by atoms with Crippen LogP contribution in [0.1, 0.15) is 115 Å². The first-order chi connectivity index (χ1) is 18.4. The Bertz CT molecular complexity index is 991. The predicted molar refractivity (Wildman–Crippen MR) is 146 cm³/mol. The molecule has 2 aliphatic rings. The molecule has 1 aromatic rings. The van der Waals surface area contributed by atoms with Gasteiger partial charge in [-0.3, -0.25) is 9.59 Å².